The Hall–Kier alpha value is -2.62. The van der Waals surface area contributed by atoms with Crippen molar-refractivity contribution in [2.75, 3.05) is 7.11 Å². The molecule has 0 saturated heterocycles. The number of aliphatic carboxylic acids is 1. The van der Waals surface area contributed by atoms with Gasteiger partial charge in [0.05, 0.1) is 7.11 Å². The highest BCUT2D eigenvalue weighted by Gasteiger charge is 2.25. The summed E-state index contributed by atoms with van der Waals surface area (Å²) in [6.45, 7) is 1.64. The van der Waals surface area contributed by atoms with E-state index in [1.807, 2.05) is 42.5 Å². The number of rotatable bonds is 6. The number of carbonyl (C=O) groups is 2. The molecule has 136 valence electrons. The Morgan fingerprint density at radius 3 is 2.54 bits per heavy atom. The topological polar surface area (TPSA) is 66.4 Å². The molecule has 2 aromatic carbocycles. The van der Waals surface area contributed by atoms with E-state index in [0.29, 0.717) is 18.6 Å². The van der Waals surface area contributed by atoms with Crippen LogP contribution in [0.15, 0.2) is 42.5 Å². The maximum absolute atomic E-state index is 12.0. The standard InChI is InChI=1S/C22H24O4/c1-14(22(24)25)19-11-6-15(12-17-4-3-5-21(17)23)13-20(19)16-7-9-18(26-2)10-8-16/h6-11,13-14,17H,3-5,12H2,1-2H3,(H,24,25)/p-1. The minimum atomic E-state index is -1.10. The molecule has 0 spiro atoms. The fourth-order valence-electron chi connectivity index (χ4n) is 3.64. The highest BCUT2D eigenvalue weighted by molar-refractivity contribution is 5.83. The van der Waals surface area contributed by atoms with Crippen molar-refractivity contribution >= 4 is 11.8 Å². The molecule has 26 heavy (non-hydrogen) atoms. The zero-order valence-corrected chi connectivity index (χ0v) is 15.2. The van der Waals surface area contributed by atoms with Crippen molar-refractivity contribution in [1.82, 2.24) is 0 Å². The second kappa shape index (κ2) is 7.73. The Kier molecular flexibility index (Phi) is 5.40. The molecule has 0 bridgehead atoms. The maximum Gasteiger partial charge on any atom is 0.136 e. The fourth-order valence-corrected chi connectivity index (χ4v) is 3.64. The monoisotopic (exact) mass is 351 g/mol. The van der Waals surface area contributed by atoms with Crippen LogP contribution in [0.3, 0.4) is 0 Å². The highest BCUT2D eigenvalue weighted by atomic mass is 16.5. The molecule has 2 atom stereocenters. The smallest absolute Gasteiger partial charge is 0.136 e. The second-order valence-electron chi connectivity index (χ2n) is 6.95. The average molecular weight is 351 g/mol. The Balaban J connectivity index is 1.99. The summed E-state index contributed by atoms with van der Waals surface area (Å²) in [6.07, 6.45) is 3.29. The summed E-state index contributed by atoms with van der Waals surface area (Å²) in [5, 5.41) is 11.4. The first-order chi connectivity index (χ1) is 12.5. The first-order valence-corrected chi connectivity index (χ1v) is 9.00. The van der Waals surface area contributed by atoms with Gasteiger partial charge in [-0.2, -0.15) is 0 Å². The third-order valence-corrected chi connectivity index (χ3v) is 5.25. The van der Waals surface area contributed by atoms with E-state index < -0.39 is 11.9 Å². The van der Waals surface area contributed by atoms with Gasteiger partial charge >= 0.3 is 0 Å². The van der Waals surface area contributed by atoms with E-state index in [1.54, 1.807) is 14.0 Å². The third-order valence-electron chi connectivity index (χ3n) is 5.25. The molecular formula is C22H23O4-. The zero-order valence-electron chi connectivity index (χ0n) is 15.2. The van der Waals surface area contributed by atoms with E-state index in [4.69, 9.17) is 4.74 Å². The molecule has 1 fully saturated rings. The van der Waals surface area contributed by atoms with Crippen molar-refractivity contribution in [2.45, 2.75) is 38.5 Å². The van der Waals surface area contributed by atoms with Gasteiger partial charge in [0.2, 0.25) is 0 Å². The normalized spacial score (nSPS) is 17.9. The zero-order chi connectivity index (χ0) is 18.7. The fraction of sp³-hybridized carbons (Fsp3) is 0.364. The quantitative estimate of drug-likeness (QED) is 0.802. The van der Waals surface area contributed by atoms with Crippen molar-refractivity contribution < 1.29 is 19.4 Å². The summed E-state index contributed by atoms with van der Waals surface area (Å²) in [4.78, 5) is 23.4. The van der Waals surface area contributed by atoms with E-state index in [1.165, 1.54) is 0 Å². The molecule has 1 aliphatic carbocycles. The molecular weight excluding hydrogens is 328 g/mol. The van der Waals surface area contributed by atoms with Crippen molar-refractivity contribution in [1.29, 1.82) is 0 Å². The molecule has 0 aromatic heterocycles. The largest absolute Gasteiger partial charge is 0.550 e. The molecule has 0 radical (unpaired) electrons. The number of ketones is 1. The number of carbonyl (C=O) groups excluding carboxylic acids is 2. The number of benzene rings is 2. The van der Waals surface area contributed by atoms with Gasteiger partial charge in [-0.05, 0) is 53.6 Å². The van der Waals surface area contributed by atoms with Gasteiger partial charge in [-0.3, -0.25) is 4.79 Å². The van der Waals surface area contributed by atoms with Crippen LogP contribution in [0.1, 0.15) is 43.2 Å². The van der Waals surface area contributed by atoms with Crippen LogP contribution >= 0.6 is 0 Å². The van der Waals surface area contributed by atoms with Crippen LogP contribution in [0, 0.1) is 5.92 Å². The SMILES string of the molecule is COc1ccc(-c2cc(CC3CCCC3=O)ccc2C(C)C(=O)[O-])cc1. The molecule has 2 unspecified atom stereocenters. The minimum absolute atomic E-state index is 0.0862. The summed E-state index contributed by atoms with van der Waals surface area (Å²) >= 11 is 0. The lowest BCUT2D eigenvalue weighted by atomic mass is 9.87. The van der Waals surface area contributed by atoms with E-state index in [0.717, 1.165) is 40.8 Å². The molecule has 3 rings (SSSR count). The lowest BCUT2D eigenvalue weighted by Gasteiger charge is -2.20. The van der Waals surface area contributed by atoms with E-state index in [2.05, 4.69) is 0 Å². The number of hydrogen-bond donors (Lipinski definition) is 0. The Bertz CT molecular complexity index is 807. The van der Waals surface area contributed by atoms with Gasteiger partial charge < -0.3 is 14.6 Å². The van der Waals surface area contributed by atoms with E-state index in [9.17, 15) is 14.7 Å². The number of ether oxygens (including phenoxy) is 1. The number of hydrogen-bond acceptors (Lipinski definition) is 4. The van der Waals surface area contributed by atoms with Crippen molar-refractivity contribution in [2.24, 2.45) is 5.92 Å². The number of methoxy groups -OCH3 is 1. The van der Waals surface area contributed by atoms with Crippen LogP contribution in [-0.4, -0.2) is 18.9 Å². The van der Waals surface area contributed by atoms with Crippen molar-refractivity contribution in [3.8, 4) is 16.9 Å². The molecule has 0 heterocycles. The first-order valence-electron chi connectivity index (χ1n) is 9.00. The maximum atomic E-state index is 12.0. The summed E-state index contributed by atoms with van der Waals surface area (Å²) in [6, 6.07) is 13.4. The average Bonchev–Trinajstić information content (AvgIpc) is 3.05. The van der Waals surface area contributed by atoms with Gasteiger partial charge in [-0.15, -0.1) is 0 Å². The lowest BCUT2D eigenvalue weighted by molar-refractivity contribution is -0.307. The highest BCUT2D eigenvalue weighted by Crippen LogP contribution is 2.33. The molecule has 4 heteroatoms. The first kappa shape index (κ1) is 18.2. The molecule has 4 nitrogen and oxygen atoms in total. The van der Waals surface area contributed by atoms with Crippen molar-refractivity contribution in [3.63, 3.8) is 0 Å². The number of Topliss-reactive ketones (excluding diaryl/α,β-unsaturated/α-hetero) is 1. The van der Waals surface area contributed by atoms with Gasteiger partial charge in [0.1, 0.15) is 11.5 Å². The van der Waals surface area contributed by atoms with Crippen LogP contribution in [0.5, 0.6) is 5.75 Å². The van der Waals surface area contributed by atoms with Crippen LogP contribution in [0.2, 0.25) is 0 Å². The minimum Gasteiger partial charge on any atom is -0.550 e. The summed E-state index contributed by atoms with van der Waals surface area (Å²) < 4.78 is 5.20. The summed E-state index contributed by atoms with van der Waals surface area (Å²) in [5.74, 6) is -0.644. The van der Waals surface area contributed by atoms with E-state index in [-0.39, 0.29) is 5.92 Å². The van der Waals surface area contributed by atoms with Crippen LogP contribution < -0.4 is 9.84 Å². The van der Waals surface area contributed by atoms with Crippen LogP contribution in [-0.2, 0) is 16.0 Å². The molecule has 2 aromatic rings. The number of carboxylic acid groups (broad SMARTS) is 1. The summed E-state index contributed by atoms with van der Waals surface area (Å²) in [5.41, 5.74) is 3.57. The van der Waals surface area contributed by atoms with Crippen LogP contribution in [0.4, 0.5) is 0 Å². The third kappa shape index (κ3) is 3.79. The predicted molar refractivity (Wildman–Crippen MR) is 97.9 cm³/mol. The Labute approximate surface area is 153 Å². The van der Waals surface area contributed by atoms with Crippen molar-refractivity contribution in [3.05, 3.63) is 53.6 Å². The molecule has 0 aliphatic heterocycles. The van der Waals surface area contributed by atoms with Gasteiger partial charge in [0.15, 0.2) is 0 Å². The lowest BCUT2D eigenvalue weighted by Crippen LogP contribution is -2.28. The van der Waals surface area contributed by atoms with E-state index >= 15 is 0 Å². The number of carboxylic acids is 1. The summed E-state index contributed by atoms with van der Waals surface area (Å²) in [7, 11) is 1.61. The molecule has 0 N–H and O–H groups in total. The Morgan fingerprint density at radius 1 is 1.23 bits per heavy atom. The van der Waals surface area contributed by atoms with Crippen LogP contribution in [0.25, 0.3) is 11.1 Å². The molecule has 0 amide bonds. The van der Waals surface area contributed by atoms with Gasteiger partial charge in [-0.25, -0.2) is 0 Å². The van der Waals surface area contributed by atoms with Gasteiger partial charge in [0, 0.05) is 24.2 Å². The Morgan fingerprint density at radius 2 is 1.96 bits per heavy atom. The molecule has 1 aliphatic rings. The van der Waals surface area contributed by atoms with Gasteiger partial charge in [-0.1, -0.05) is 37.3 Å². The molecule has 1 saturated carbocycles. The predicted octanol–water partition coefficient (Wildman–Crippen LogP) is 3.13. The van der Waals surface area contributed by atoms with Gasteiger partial charge in [0.25, 0.3) is 0 Å². The second-order valence-corrected chi connectivity index (χ2v) is 6.95.